The van der Waals surface area contributed by atoms with Crippen molar-refractivity contribution in [3.05, 3.63) is 68.6 Å². The molecular formula is C23H28Br2N2O2. The maximum Gasteiger partial charge on any atom is 0.410 e. The summed E-state index contributed by atoms with van der Waals surface area (Å²) < 4.78 is 7.79. The number of rotatable bonds is 4. The molecular weight excluding hydrogens is 496 g/mol. The predicted octanol–water partition coefficient (Wildman–Crippen LogP) is 6.05. The van der Waals surface area contributed by atoms with Gasteiger partial charge in [-0.2, -0.15) is 0 Å². The molecule has 1 aliphatic rings. The fraction of sp³-hybridized carbons (Fsp3) is 0.435. The summed E-state index contributed by atoms with van der Waals surface area (Å²) >= 11 is 7.44. The fourth-order valence-corrected chi connectivity index (χ4v) is 4.59. The molecule has 0 N–H and O–H groups in total. The highest BCUT2D eigenvalue weighted by Gasteiger charge is 2.30. The van der Waals surface area contributed by atoms with Crippen LogP contribution in [0.5, 0.6) is 0 Å². The Kier molecular flexibility index (Phi) is 7.41. The highest BCUT2D eigenvalue weighted by atomic mass is 79.9. The highest BCUT2D eigenvalue weighted by molar-refractivity contribution is 9.10. The second-order valence-electron chi connectivity index (χ2n) is 8.34. The average molecular weight is 524 g/mol. The van der Waals surface area contributed by atoms with Gasteiger partial charge in [-0.25, -0.2) is 4.79 Å². The quantitative estimate of drug-likeness (QED) is 0.489. The van der Waals surface area contributed by atoms with E-state index in [2.05, 4.69) is 73.2 Å². The molecule has 156 valence electrons. The van der Waals surface area contributed by atoms with Gasteiger partial charge in [-0.15, -0.1) is 0 Å². The number of benzene rings is 2. The van der Waals surface area contributed by atoms with E-state index in [1.807, 2.05) is 37.8 Å². The minimum atomic E-state index is -0.467. The summed E-state index contributed by atoms with van der Waals surface area (Å²) in [6.45, 7) is 8.69. The van der Waals surface area contributed by atoms with E-state index < -0.39 is 5.60 Å². The molecule has 0 spiro atoms. The Labute approximate surface area is 190 Å². The van der Waals surface area contributed by atoms with Crippen LogP contribution in [0, 0.1) is 0 Å². The van der Waals surface area contributed by atoms with Crippen molar-refractivity contribution in [2.75, 3.05) is 26.2 Å². The highest BCUT2D eigenvalue weighted by Crippen LogP contribution is 2.33. The van der Waals surface area contributed by atoms with Crippen LogP contribution in [0.3, 0.4) is 0 Å². The van der Waals surface area contributed by atoms with Crippen LogP contribution in [-0.2, 0) is 11.2 Å². The molecule has 1 fully saturated rings. The van der Waals surface area contributed by atoms with Crippen LogP contribution in [0.25, 0.3) is 0 Å². The monoisotopic (exact) mass is 522 g/mol. The molecule has 1 heterocycles. The zero-order valence-corrected chi connectivity index (χ0v) is 20.4. The topological polar surface area (TPSA) is 32.8 Å². The van der Waals surface area contributed by atoms with Crippen molar-refractivity contribution in [1.29, 1.82) is 0 Å². The van der Waals surface area contributed by atoms with Crippen LogP contribution < -0.4 is 0 Å². The lowest BCUT2D eigenvalue weighted by Gasteiger charge is -2.40. The lowest BCUT2D eigenvalue weighted by atomic mass is 9.96. The number of amides is 1. The first kappa shape index (κ1) is 22.3. The molecule has 29 heavy (non-hydrogen) atoms. The summed E-state index contributed by atoms with van der Waals surface area (Å²) in [5.41, 5.74) is 2.09. The standard InChI is InChI=1S/C23H28Br2N2O2/c1-23(2,3)29-22(28)27-14-12-26(13-15-27)21(18-9-5-7-11-20(18)25)16-17-8-4-6-10-19(17)24/h4-11,21H,12-16H2,1-3H3. The van der Waals surface area contributed by atoms with Crippen molar-refractivity contribution in [2.45, 2.75) is 38.8 Å². The molecule has 0 aromatic heterocycles. The Bertz CT molecular complexity index is 843. The Morgan fingerprint density at radius 1 is 0.966 bits per heavy atom. The van der Waals surface area contributed by atoms with Gasteiger partial charge in [-0.3, -0.25) is 4.90 Å². The van der Waals surface area contributed by atoms with Gasteiger partial charge in [0.05, 0.1) is 0 Å². The van der Waals surface area contributed by atoms with Crippen molar-refractivity contribution in [2.24, 2.45) is 0 Å². The van der Waals surface area contributed by atoms with Crippen molar-refractivity contribution in [3.8, 4) is 0 Å². The Morgan fingerprint density at radius 3 is 2.14 bits per heavy atom. The number of ether oxygens (including phenoxy) is 1. The lowest BCUT2D eigenvalue weighted by Crippen LogP contribution is -2.51. The van der Waals surface area contributed by atoms with Crippen LogP contribution >= 0.6 is 31.9 Å². The molecule has 0 bridgehead atoms. The van der Waals surface area contributed by atoms with Gasteiger partial charge in [0.25, 0.3) is 0 Å². The van der Waals surface area contributed by atoms with E-state index in [0.29, 0.717) is 13.1 Å². The second kappa shape index (κ2) is 9.63. The maximum absolute atomic E-state index is 12.4. The number of halogens is 2. The third-order valence-electron chi connectivity index (χ3n) is 5.04. The Morgan fingerprint density at radius 2 is 1.55 bits per heavy atom. The minimum Gasteiger partial charge on any atom is -0.444 e. The van der Waals surface area contributed by atoms with Gasteiger partial charge >= 0.3 is 6.09 Å². The van der Waals surface area contributed by atoms with Gasteiger partial charge in [-0.05, 0) is 50.5 Å². The van der Waals surface area contributed by atoms with E-state index in [9.17, 15) is 4.79 Å². The number of carbonyl (C=O) groups excluding carboxylic acids is 1. The fourth-order valence-electron chi connectivity index (χ4n) is 3.60. The molecule has 1 saturated heterocycles. The molecule has 0 radical (unpaired) electrons. The lowest BCUT2D eigenvalue weighted by molar-refractivity contribution is 0.0101. The summed E-state index contributed by atoms with van der Waals surface area (Å²) in [7, 11) is 0. The first-order valence-electron chi connectivity index (χ1n) is 9.94. The molecule has 1 amide bonds. The van der Waals surface area contributed by atoms with Gasteiger partial charge < -0.3 is 9.64 Å². The van der Waals surface area contributed by atoms with E-state index in [1.165, 1.54) is 11.1 Å². The third-order valence-corrected chi connectivity index (χ3v) is 6.54. The summed E-state index contributed by atoms with van der Waals surface area (Å²) in [6.07, 6.45) is 0.677. The van der Waals surface area contributed by atoms with E-state index >= 15 is 0 Å². The normalized spacial score (nSPS) is 16.5. The molecule has 1 aliphatic heterocycles. The molecule has 0 saturated carbocycles. The number of piperazine rings is 1. The van der Waals surface area contributed by atoms with Gasteiger partial charge in [0, 0.05) is 41.2 Å². The van der Waals surface area contributed by atoms with Crippen LogP contribution in [0.4, 0.5) is 4.79 Å². The Balaban J connectivity index is 1.77. The van der Waals surface area contributed by atoms with E-state index in [-0.39, 0.29) is 12.1 Å². The van der Waals surface area contributed by atoms with Gasteiger partial charge in [-0.1, -0.05) is 68.3 Å². The molecule has 0 aliphatic carbocycles. The van der Waals surface area contributed by atoms with Crippen molar-refractivity contribution in [1.82, 2.24) is 9.80 Å². The van der Waals surface area contributed by atoms with Crippen LogP contribution in [-0.4, -0.2) is 47.7 Å². The van der Waals surface area contributed by atoms with Crippen LogP contribution in [0.2, 0.25) is 0 Å². The molecule has 3 rings (SSSR count). The molecule has 2 aromatic carbocycles. The average Bonchev–Trinajstić information content (AvgIpc) is 2.67. The molecule has 4 nitrogen and oxygen atoms in total. The number of carbonyl (C=O) groups is 1. The SMILES string of the molecule is CC(C)(C)OC(=O)N1CCN(C(Cc2ccccc2Br)c2ccccc2Br)CC1. The predicted molar refractivity (Wildman–Crippen MR) is 124 cm³/mol. The van der Waals surface area contributed by atoms with Crippen molar-refractivity contribution >= 4 is 38.0 Å². The molecule has 2 aromatic rings. The number of nitrogens with zero attached hydrogens (tertiary/aromatic N) is 2. The Hall–Kier alpha value is -1.37. The van der Waals surface area contributed by atoms with Crippen molar-refractivity contribution in [3.63, 3.8) is 0 Å². The molecule has 6 heteroatoms. The first-order valence-corrected chi connectivity index (χ1v) is 11.5. The zero-order valence-electron chi connectivity index (χ0n) is 17.2. The van der Waals surface area contributed by atoms with E-state index in [4.69, 9.17) is 4.74 Å². The third kappa shape index (κ3) is 6.06. The largest absolute Gasteiger partial charge is 0.444 e. The first-order chi connectivity index (χ1) is 13.7. The van der Waals surface area contributed by atoms with Gasteiger partial charge in [0.1, 0.15) is 5.60 Å². The second-order valence-corrected chi connectivity index (χ2v) is 10.0. The van der Waals surface area contributed by atoms with Crippen LogP contribution in [0.15, 0.2) is 57.5 Å². The smallest absolute Gasteiger partial charge is 0.410 e. The number of hydrogen-bond donors (Lipinski definition) is 0. The van der Waals surface area contributed by atoms with Gasteiger partial charge in [0.15, 0.2) is 0 Å². The maximum atomic E-state index is 12.4. The van der Waals surface area contributed by atoms with Gasteiger partial charge in [0.2, 0.25) is 0 Å². The zero-order chi connectivity index (χ0) is 21.0. The number of hydrogen-bond acceptors (Lipinski definition) is 3. The van der Waals surface area contributed by atoms with E-state index in [0.717, 1.165) is 28.5 Å². The van der Waals surface area contributed by atoms with Crippen molar-refractivity contribution < 1.29 is 9.53 Å². The minimum absolute atomic E-state index is 0.222. The summed E-state index contributed by atoms with van der Waals surface area (Å²) in [5.74, 6) is 0. The summed E-state index contributed by atoms with van der Waals surface area (Å²) in [6, 6.07) is 17.0. The summed E-state index contributed by atoms with van der Waals surface area (Å²) in [5, 5.41) is 0. The van der Waals surface area contributed by atoms with Crippen LogP contribution in [0.1, 0.15) is 37.9 Å². The molecule has 1 atom stereocenters. The summed E-state index contributed by atoms with van der Waals surface area (Å²) in [4.78, 5) is 16.7. The van der Waals surface area contributed by atoms with E-state index in [1.54, 1.807) is 0 Å². The molecule has 1 unspecified atom stereocenters.